The molecule has 0 aliphatic carbocycles. The number of aliphatic carboxylic acids is 2. The average molecular weight is 571 g/mol. The van der Waals surface area contributed by atoms with Gasteiger partial charge in [-0.2, -0.15) is 26.3 Å². The van der Waals surface area contributed by atoms with Gasteiger partial charge in [-0.3, -0.25) is 19.2 Å². The topological polar surface area (TPSA) is 147 Å². The number of imidazole rings is 1. The van der Waals surface area contributed by atoms with E-state index in [0.717, 1.165) is 22.3 Å². The Morgan fingerprint density at radius 3 is 1.95 bits per heavy atom. The molecule has 0 bridgehead atoms. The van der Waals surface area contributed by atoms with Crippen LogP contribution in [0.3, 0.4) is 0 Å². The van der Waals surface area contributed by atoms with Crippen molar-refractivity contribution in [3.8, 4) is 11.1 Å². The van der Waals surface area contributed by atoms with E-state index >= 15 is 0 Å². The number of alkyl halides is 6. The molecule has 3 N–H and O–H groups in total. The zero-order chi connectivity index (χ0) is 29.9. The summed E-state index contributed by atoms with van der Waals surface area (Å²) in [5, 5.41) is 17.2. The maximum Gasteiger partial charge on any atom is 0.490 e. The maximum absolute atomic E-state index is 12.5. The van der Waals surface area contributed by atoms with E-state index in [1.165, 1.54) is 0 Å². The summed E-state index contributed by atoms with van der Waals surface area (Å²) in [5.74, 6) is -5.34. The number of rotatable bonds is 5. The number of amides is 1. The molecule has 0 aromatic carbocycles. The van der Waals surface area contributed by atoms with Crippen LogP contribution in [0.2, 0.25) is 0 Å². The van der Waals surface area contributed by atoms with Crippen molar-refractivity contribution in [3.05, 3.63) is 85.0 Å². The van der Waals surface area contributed by atoms with Crippen LogP contribution < -0.4 is 5.32 Å². The highest BCUT2D eigenvalue weighted by atomic mass is 19.4. The van der Waals surface area contributed by atoms with Gasteiger partial charge in [-0.25, -0.2) is 14.6 Å². The molecule has 40 heavy (non-hydrogen) atoms. The molecule has 0 radical (unpaired) electrons. The summed E-state index contributed by atoms with van der Waals surface area (Å²) in [6.45, 7) is 0.509. The predicted molar refractivity (Wildman–Crippen MR) is 126 cm³/mol. The number of carbonyl (C=O) groups excluding carboxylic acids is 1. The highest BCUT2D eigenvalue weighted by Crippen LogP contribution is 2.24. The van der Waals surface area contributed by atoms with Crippen LogP contribution in [0.5, 0.6) is 0 Å². The number of nitrogens with zero attached hydrogens (tertiary/aromatic N) is 4. The van der Waals surface area contributed by atoms with Gasteiger partial charge in [0, 0.05) is 49.0 Å². The fourth-order valence-electron chi connectivity index (χ4n) is 2.89. The van der Waals surface area contributed by atoms with Gasteiger partial charge in [0.1, 0.15) is 0 Å². The monoisotopic (exact) mass is 571 g/mol. The molecule has 4 heterocycles. The second-order valence-corrected chi connectivity index (χ2v) is 7.43. The van der Waals surface area contributed by atoms with Gasteiger partial charge in [0.15, 0.2) is 0 Å². The van der Waals surface area contributed by atoms with Gasteiger partial charge in [0.25, 0.3) is 5.91 Å². The van der Waals surface area contributed by atoms with Gasteiger partial charge < -0.3 is 15.5 Å². The number of fused-ring (bicyclic) bond motifs is 1. The first-order valence-electron chi connectivity index (χ1n) is 10.9. The van der Waals surface area contributed by atoms with Gasteiger partial charge in [0.05, 0.1) is 11.7 Å². The first-order chi connectivity index (χ1) is 18.7. The van der Waals surface area contributed by atoms with Crippen LogP contribution in [-0.2, 0) is 16.0 Å². The summed E-state index contributed by atoms with van der Waals surface area (Å²) in [4.78, 5) is 43.0. The molecule has 4 aromatic heterocycles. The molecule has 0 aliphatic rings. The standard InChI is InChI=1S/C20H17N5O.2C2HF3O2/c26-20(23-12-8-16-4-1-2-9-22-16)19-24-14-18-17(5-3-13-25(18)19)15-6-10-21-11-7-15;2*3-2(4,5)1(6)7/h1-7,9-11,13-14H,8,12H2,(H,23,26);2*(H,6,7). The Morgan fingerprint density at radius 2 is 1.43 bits per heavy atom. The Hall–Kier alpha value is -5.02. The minimum Gasteiger partial charge on any atom is -0.475 e. The minimum absolute atomic E-state index is 0.201. The molecule has 0 atom stereocenters. The molecule has 4 rings (SSSR count). The fraction of sp³-hybridized carbons (Fsp3) is 0.167. The van der Waals surface area contributed by atoms with Gasteiger partial charge >= 0.3 is 24.3 Å². The van der Waals surface area contributed by atoms with E-state index in [9.17, 15) is 31.1 Å². The van der Waals surface area contributed by atoms with E-state index in [0.29, 0.717) is 18.8 Å². The number of carbonyl (C=O) groups is 3. The highest BCUT2D eigenvalue weighted by Gasteiger charge is 2.38. The third kappa shape index (κ3) is 9.38. The van der Waals surface area contributed by atoms with Gasteiger partial charge in [-0.1, -0.05) is 12.1 Å². The average Bonchev–Trinajstić information content (AvgIpc) is 3.34. The zero-order valence-corrected chi connectivity index (χ0v) is 20.0. The van der Waals surface area contributed by atoms with Crippen molar-refractivity contribution in [2.24, 2.45) is 0 Å². The van der Waals surface area contributed by atoms with Crippen LogP contribution >= 0.6 is 0 Å². The number of nitrogens with one attached hydrogen (secondary N) is 1. The third-order valence-corrected chi connectivity index (χ3v) is 4.64. The Labute approximate surface area is 221 Å². The largest absolute Gasteiger partial charge is 0.490 e. The van der Waals surface area contributed by atoms with Crippen LogP contribution in [0.1, 0.15) is 16.3 Å². The van der Waals surface area contributed by atoms with Gasteiger partial charge in [-0.15, -0.1) is 0 Å². The van der Waals surface area contributed by atoms with Crippen molar-refractivity contribution in [1.82, 2.24) is 24.7 Å². The molecule has 0 fully saturated rings. The molecule has 0 spiro atoms. The van der Waals surface area contributed by atoms with Crippen molar-refractivity contribution in [2.75, 3.05) is 6.54 Å². The van der Waals surface area contributed by atoms with Crippen molar-refractivity contribution in [2.45, 2.75) is 18.8 Å². The van der Waals surface area contributed by atoms with E-state index in [2.05, 4.69) is 20.3 Å². The number of pyridine rings is 3. The first-order valence-corrected chi connectivity index (χ1v) is 10.9. The maximum atomic E-state index is 12.5. The quantitative estimate of drug-likeness (QED) is 0.305. The molecule has 10 nitrogen and oxygen atoms in total. The smallest absolute Gasteiger partial charge is 0.475 e. The van der Waals surface area contributed by atoms with E-state index < -0.39 is 24.3 Å². The normalized spacial score (nSPS) is 10.9. The van der Waals surface area contributed by atoms with Crippen molar-refractivity contribution in [3.63, 3.8) is 0 Å². The van der Waals surface area contributed by atoms with Gasteiger partial charge in [0.2, 0.25) is 5.82 Å². The Balaban J connectivity index is 0.000000333. The van der Waals surface area contributed by atoms with Crippen LogP contribution in [-0.4, -0.2) is 66.3 Å². The van der Waals surface area contributed by atoms with Crippen LogP contribution in [0.15, 0.2) is 73.4 Å². The molecule has 0 saturated heterocycles. The second kappa shape index (κ2) is 13.7. The number of aromatic nitrogens is 4. The fourth-order valence-corrected chi connectivity index (χ4v) is 2.89. The molecule has 0 aliphatic heterocycles. The molecule has 16 heteroatoms. The summed E-state index contributed by atoms with van der Waals surface area (Å²) in [7, 11) is 0. The van der Waals surface area contributed by atoms with Crippen LogP contribution in [0.4, 0.5) is 26.3 Å². The highest BCUT2D eigenvalue weighted by molar-refractivity contribution is 5.93. The minimum atomic E-state index is -5.08. The number of carboxylic acids is 2. The summed E-state index contributed by atoms with van der Waals surface area (Å²) in [6.07, 6.45) is -0.664. The molecule has 1 amide bonds. The zero-order valence-electron chi connectivity index (χ0n) is 20.0. The Bertz CT molecular complexity index is 1400. The second-order valence-electron chi connectivity index (χ2n) is 7.43. The lowest BCUT2D eigenvalue weighted by molar-refractivity contribution is -0.193. The number of hydrogen-bond donors (Lipinski definition) is 3. The molecular formula is C24H19F6N5O5. The summed E-state index contributed by atoms with van der Waals surface area (Å²) < 4.78 is 65.3. The Morgan fingerprint density at radius 1 is 0.825 bits per heavy atom. The van der Waals surface area contributed by atoms with Crippen LogP contribution in [0, 0.1) is 0 Å². The summed E-state index contributed by atoms with van der Waals surface area (Å²) in [6, 6.07) is 13.6. The van der Waals surface area contributed by atoms with E-state index in [1.54, 1.807) is 24.8 Å². The molecule has 212 valence electrons. The van der Waals surface area contributed by atoms with Gasteiger partial charge in [-0.05, 0) is 35.9 Å². The predicted octanol–water partition coefficient (Wildman–Crippen LogP) is 4.03. The first kappa shape index (κ1) is 31.2. The van der Waals surface area contributed by atoms with Crippen LogP contribution in [0.25, 0.3) is 16.6 Å². The number of halogens is 6. The lowest BCUT2D eigenvalue weighted by Gasteiger charge is -2.07. The van der Waals surface area contributed by atoms with Crippen molar-refractivity contribution in [1.29, 1.82) is 0 Å². The number of hydrogen-bond acceptors (Lipinski definition) is 6. The third-order valence-electron chi connectivity index (χ3n) is 4.64. The summed E-state index contributed by atoms with van der Waals surface area (Å²) >= 11 is 0. The SMILES string of the molecule is O=C(NCCc1ccccn1)c1ncc2c(-c3ccncc3)cccn12.O=C(O)C(F)(F)F.O=C(O)C(F)(F)F. The molecule has 4 aromatic rings. The number of carboxylic acid groups (broad SMARTS) is 2. The lowest BCUT2D eigenvalue weighted by Crippen LogP contribution is -2.27. The molecule has 0 saturated carbocycles. The molecule has 0 unspecified atom stereocenters. The van der Waals surface area contributed by atoms with E-state index in [1.807, 2.05) is 53.1 Å². The van der Waals surface area contributed by atoms with Crippen molar-refractivity contribution >= 4 is 23.4 Å². The lowest BCUT2D eigenvalue weighted by atomic mass is 10.1. The van der Waals surface area contributed by atoms with E-state index in [-0.39, 0.29) is 5.91 Å². The van der Waals surface area contributed by atoms with Crippen molar-refractivity contribution < 1.29 is 50.9 Å². The molecular weight excluding hydrogens is 552 g/mol. The van der Waals surface area contributed by atoms with E-state index in [4.69, 9.17) is 19.8 Å². The Kier molecular flexibility index (Phi) is 10.7. The summed E-state index contributed by atoms with van der Waals surface area (Å²) in [5.41, 5.74) is 3.87.